The minimum atomic E-state index is -1.31. The maximum absolute atomic E-state index is 5.62. The predicted octanol–water partition coefficient (Wildman–Crippen LogP) is -0.841. The van der Waals surface area contributed by atoms with Crippen molar-refractivity contribution in [3.05, 3.63) is 0 Å². The highest BCUT2D eigenvalue weighted by molar-refractivity contribution is 6.45. The molecule has 0 rings (SSSR count). The molecule has 0 aliphatic rings. The van der Waals surface area contributed by atoms with Gasteiger partial charge in [-0.3, -0.25) is 0 Å². The van der Waals surface area contributed by atoms with Crippen LogP contribution in [0.2, 0.25) is 0 Å². The molecule has 0 bridgehead atoms. The van der Waals surface area contributed by atoms with Crippen molar-refractivity contribution in [3.63, 3.8) is 0 Å². The molecule has 74 valence electrons. The molecule has 4 nitrogen and oxygen atoms in total. The van der Waals surface area contributed by atoms with E-state index in [1.165, 1.54) is 0 Å². The summed E-state index contributed by atoms with van der Waals surface area (Å²) in [4.78, 5) is 6.64. The maximum atomic E-state index is 5.62. The Morgan fingerprint density at radius 2 is 1.75 bits per heavy atom. The highest BCUT2D eigenvalue weighted by atomic mass is 28.3. The molecule has 0 aromatic heterocycles. The Morgan fingerprint density at radius 3 is 2.17 bits per heavy atom. The highest BCUT2D eigenvalue weighted by Crippen LogP contribution is 1.76. The van der Waals surface area contributed by atoms with E-state index in [0.29, 0.717) is 0 Å². The van der Waals surface area contributed by atoms with Crippen molar-refractivity contribution in [2.45, 2.75) is 13.8 Å². The first kappa shape index (κ1) is 12.1. The van der Waals surface area contributed by atoms with E-state index in [0.717, 1.165) is 26.2 Å². The average Bonchev–Trinajstić information content (AvgIpc) is 2.06. The van der Waals surface area contributed by atoms with Crippen molar-refractivity contribution in [3.8, 4) is 0 Å². The molecule has 0 saturated carbocycles. The van der Waals surface area contributed by atoms with Crippen molar-refractivity contribution in [1.29, 1.82) is 0 Å². The number of nitrogens with one attached hydrogen (secondary N) is 3. The van der Waals surface area contributed by atoms with Crippen LogP contribution in [0.5, 0.6) is 0 Å². The van der Waals surface area contributed by atoms with Crippen LogP contribution in [0.25, 0.3) is 0 Å². The van der Waals surface area contributed by atoms with Gasteiger partial charge in [0.05, 0.1) is 0 Å². The Bertz CT molecular complexity index is 88.7. The van der Waals surface area contributed by atoms with E-state index in [1.807, 2.05) is 7.05 Å². The molecule has 0 aromatic rings. The van der Waals surface area contributed by atoms with E-state index >= 15 is 0 Å². The van der Waals surface area contributed by atoms with Gasteiger partial charge in [-0.05, 0) is 20.1 Å². The Kier molecular flexibility index (Phi) is 9.19. The lowest BCUT2D eigenvalue weighted by Gasteiger charge is -2.16. The van der Waals surface area contributed by atoms with Gasteiger partial charge in [0.2, 0.25) is 0 Å². The van der Waals surface area contributed by atoms with E-state index in [9.17, 15) is 0 Å². The van der Waals surface area contributed by atoms with Crippen LogP contribution in [-0.2, 0) is 4.43 Å². The molecule has 5 heteroatoms. The number of likely N-dealkylation sites (N-methyl/N-ethyl adjacent to an activating group) is 1. The van der Waals surface area contributed by atoms with Crippen LogP contribution in [0.1, 0.15) is 13.8 Å². The largest absolute Gasteiger partial charge is 0.393 e. The van der Waals surface area contributed by atoms with Crippen molar-refractivity contribution >= 4 is 9.36 Å². The number of hydrogen-bond donors (Lipinski definition) is 3. The molecule has 0 aliphatic carbocycles. The van der Waals surface area contributed by atoms with Crippen LogP contribution in [0.15, 0.2) is 0 Å². The fourth-order valence-corrected chi connectivity index (χ4v) is 2.31. The van der Waals surface area contributed by atoms with Crippen molar-refractivity contribution in [2.24, 2.45) is 0 Å². The Morgan fingerprint density at radius 1 is 1.17 bits per heavy atom. The normalized spacial score (nSPS) is 11.0. The van der Waals surface area contributed by atoms with Crippen LogP contribution >= 0.6 is 0 Å². The van der Waals surface area contributed by atoms with Crippen LogP contribution in [0.3, 0.4) is 0 Å². The summed E-state index contributed by atoms with van der Waals surface area (Å²) in [6.45, 7) is 7.85. The fourth-order valence-electron chi connectivity index (χ4n) is 0.840. The second-order valence-corrected chi connectivity index (χ2v) is 4.38. The van der Waals surface area contributed by atoms with Gasteiger partial charge in [0.25, 0.3) is 0 Å². The highest BCUT2D eigenvalue weighted by Gasteiger charge is 2.07. The molecule has 3 N–H and O–H groups in total. The van der Waals surface area contributed by atoms with Crippen LogP contribution in [-0.4, -0.2) is 42.7 Å². The Labute approximate surface area is 77.0 Å². The van der Waals surface area contributed by atoms with Crippen molar-refractivity contribution < 1.29 is 4.43 Å². The maximum Gasteiger partial charge on any atom is 0.335 e. The van der Waals surface area contributed by atoms with Crippen LogP contribution in [0, 0.1) is 0 Å². The van der Waals surface area contributed by atoms with E-state index < -0.39 is 9.36 Å². The molecular formula is C7H21N3OSi. The summed E-state index contributed by atoms with van der Waals surface area (Å²) in [7, 11) is 0.626. The first-order valence-corrected chi connectivity index (χ1v) is 6.20. The summed E-state index contributed by atoms with van der Waals surface area (Å²) in [6, 6.07) is 0. The van der Waals surface area contributed by atoms with Gasteiger partial charge in [0.1, 0.15) is 0 Å². The average molecular weight is 191 g/mol. The fraction of sp³-hybridized carbons (Fsp3) is 1.00. The first-order valence-electron chi connectivity index (χ1n) is 4.58. The molecule has 0 fully saturated rings. The third-order valence-corrected chi connectivity index (χ3v) is 3.54. The van der Waals surface area contributed by atoms with Gasteiger partial charge in [-0.25, -0.2) is 0 Å². The molecular weight excluding hydrogens is 170 g/mol. The van der Waals surface area contributed by atoms with Gasteiger partial charge in [0, 0.05) is 13.2 Å². The molecule has 0 radical (unpaired) electrons. The smallest absolute Gasteiger partial charge is 0.335 e. The topological polar surface area (TPSA) is 45.3 Å². The SMILES string of the molecule is CCN[SiH](NCC)OCCNC. The lowest BCUT2D eigenvalue weighted by molar-refractivity contribution is 0.304. The lowest BCUT2D eigenvalue weighted by Crippen LogP contribution is -2.50. The summed E-state index contributed by atoms with van der Waals surface area (Å²) in [5, 5.41) is 3.05. The van der Waals surface area contributed by atoms with Gasteiger partial charge in [0.15, 0.2) is 0 Å². The minimum Gasteiger partial charge on any atom is -0.393 e. The summed E-state index contributed by atoms with van der Waals surface area (Å²) in [6.07, 6.45) is 0. The molecule has 0 amide bonds. The molecule has 0 atom stereocenters. The quantitative estimate of drug-likeness (QED) is 0.346. The summed E-state index contributed by atoms with van der Waals surface area (Å²) in [5.74, 6) is 0. The minimum absolute atomic E-state index is 0.785. The lowest BCUT2D eigenvalue weighted by atomic mass is 10.7. The molecule has 0 spiro atoms. The Hall–Kier alpha value is 0.0569. The first-order chi connectivity index (χ1) is 5.85. The number of hydrogen-bond acceptors (Lipinski definition) is 4. The summed E-state index contributed by atoms with van der Waals surface area (Å²) < 4.78 is 5.62. The number of rotatable bonds is 8. The predicted molar refractivity (Wildman–Crippen MR) is 54.4 cm³/mol. The van der Waals surface area contributed by atoms with Crippen LogP contribution < -0.4 is 15.3 Å². The van der Waals surface area contributed by atoms with Crippen LogP contribution in [0.4, 0.5) is 0 Å². The zero-order valence-corrected chi connectivity index (χ0v) is 9.47. The third-order valence-electron chi connectivity index (χ3n) is 1.42. The standard InChI is InChI=1S/C7H21N3OSi/c1-4-9-12(10-5-2)11-7-6-8-3/h8-10,12H,4-7H2,1-3H3. The van der Waals surface area contributed by atoms with Gasteiger partial charge in [-0.1, -0.05) is 13.8 Å². The Balaban J connectivity index is 3.34. The van der Waals surface area contributed by atoms with E-state index in [-0.39, 0.29) is 0 Å². The van der Waals surface area contributed by atoms with Gasteiger partial charge in [-0.15, -0.1) is 0 Å². The molecule has 0 heterocycles. The van der Waals surface area contributed by atoms with Gasteiger partial charge < -0.3 is 19.7 Å². The van der Waals surface area contributed by atoms with E-state index in [1.54, 1.807) is 0 Å². The van der Waals surface area contributed by atoms with Gasteiger partial charge >= 0.3 is 9.36 Å². The molecule has 12 heavy (non-hydrogen) atoms. The zero-order chi connectivity index (χ0) is 9.23. The van der Waals surface area contributed by atoms with E-state index in [2.05, 4.69) is 29.1 Å². The second-order valence-electron chi connectivity index (χ2n) is 2.47. The summed E-state index contributed by atoms with van der Waals surface area (Å²) >= 11 is 0. The second kappa shape index (κ2) is 9.15. The zero-order valence-electron chi connectivity index (χ0n) is 8.31. The van der Waals surface area contributed by atoms with Crippen molar-refractivity contribution in [2.75, 3.05) is 33.3 Å². The van der Waals surface area contributed by atoms with E-state index in [4.69, 9.17) is 4.43 Å². The molecule has 0 saturated heterocycles. The van der Waals surface area contributed by atoms with Gasteiger partial charge in [-0.2, -0.15) is 0 Å². The van der Waals surface area contributed by atoms with Crippen molar-refractivity contribution in [1.82, 2.24) is 15.3 Å². The summed E-state index contributed by atoms with van der Waals surface area (Å²) in [5.41, 5.74) is 0. The molecule has 0 aromatic carbocycles. The third kappa shape index (κ3) is 6.75. The monoisotopic (exact) mass is 191 g/mol. The molecule has 0 aliphatic heterocycles. The molecule has 0 unspecified atom stereocenters.